The van der Waals surface area contributed by atoms with E-state index in [4.69, 9.17) is 5.11 Å². The van der Waals surface area contributed by atoms with Gasteiger partial charge >= 0.3 is 5.97 Å². The van der Waals surface area contributed by atoms with Crippen LogP contribution < -0.4 is 0 Å². The van der Waals surface area contributed by atoms with Gasteiger partial charge < -0.3 is 10.2 Å². The summed E-state index contributed by atoms with van der Waals surface area (Å²) < 4.78 is 0. The van der Waals surface area contributed by atoms with E-state index in [1.807, 2.05) is 12.1 Å². The molecule has 0 unspecified atom stereocenters. The number of likely N-dealkylation sites (tertiary alicyclic amines) is 1. The minimum Gasteiger partial charge on any atom is -0.477 e. The van der Waals surface area contributed by atoms with Crippen LogP contribution >= 0.6 is 11.3 Å². The molecular formula is C18H21NO3S. The summed E-state index contributed by atoms with van der Waals surface area (Å²) in [7, 11) is 0. The number of aliphatic hydroxyl groups is 1. The van der Waals surface area contributed by atoms with Gasteiger partial charge in [0.1, 0.15) is 4.88 Å². The third kappa shape index (κ3) is 3.80. The predicted octanol–water partition coefficient (Wildman–Crippen LogP) is 3.04. The number of aromatic carboxylic acids is 1. The Balaban J connectivity index is 1.65. The maximum atomic E-state index is 11.0. The number of piperidine rings is 1. The average Bonchev–Trinajstić information content (AvgIpc) is 3.04. The van der Waals surface area contributed by atoms with Gasteiger partial charge in [0.15, 0.2) is 0 Å². The lowest BCUT2D eigenvalue weighted by Gasteiger charge is -2.38. The Morgan fingerprint density at radius 1 is 1.22 bits per heavy atom. The zero-order valence-corrected chi connectivity index (χ0v) is 13.7. The highest BCUT2D eigenvalue weighted by atomic mass is 32.1. The van der Waals surface area contributed by atoms with Crippen molar-refractivity contribution in [3.05, 3.63) is 57.8 Å². The molecule has 2 aromatic rings. The lowest BCUT2D eigenvalue weighted by Crippen LogP contribution is -2.40. The minimum atomic E-state index is -0.864. The molecule has 0 radical (unpaired) electrons. The molecule has 1 aromatic carbocycles. The van der Waals surface area contributed by atoms with E-state index in [2.05, 4.69) is 29.2 Å². The number of hydrogen-bond acceptors (Lipinski definition) is 4. The lowest BCUT2D eigenvalue weighted by molar-refractivity contribution is 0.0702. The fourth-order valence-corrected chi connectivity index (χ4v) is 4.26. The first-order valence-electron chi connectivity index (χ1n) is 7.87. The fraction of sp³-hybridized carbons (Fsp3) is 0.389. The summed E-state index contributed by atoms with van der Waals surface area (Å²) in [5.74, 6) is -0.238. The Labute approximate surface area is 140 Å². The number of benzene rings is 1. The van der Waals surface area contributed by atoms with Crippen molar-refractivity contribution < 1.29 is 15.0 Å². The molecule has 23 heavy (non-hydrogen) atoms. The van der Waals surface area contributed by atoms with E-state index in [-0.39, 0.29) is 12.5 Å². The van der Waals surface area contributed by atoms with Crippen LogP contribution in [-0.4, -0.2) is 40.8 Å². The minimum absolute atomic E-state index is 0.181. The molecule has 1 saturated heterocycles. The molecular weight excluding hydrogens is 310 g/mol. The first-order valence-corrected chi connectivity index (χ1v) is 8.69. The molecule has 2 atom stereocenters. The monoisotopic (exact) mass is 331 g/mol. The molecule has 0 saturated carbocycles. The molecule has 1 aliphatic heterocycles. The standard InChI is InChI=1S/C18H21NO3S/c20-12-14-10-19(11-15-6-7-17(23-15)18(21)22)9-8-16(14)13-4-2-1-3-5-13/h1-7,14,16,20H,8-12H2,(H,21,22)/t14-,16+/m0/s1. The van der Waals surface area contributed by atoms with Gasteiger partial charge in [-0.2, -0.15) is 0 Å². The van der Waals surface area contributed by atoms with Gasteiger partial charge in [0, 0.05) is 30.5 Å². The Kier molecular flexibility index (Phi) is 5.10. The second-order valence-electron chi connectivity index (χ2n) is 6.05. The van der Waals surface area contributed by atoms with Crippen molar-refractivity contribution in [3.63, 3.8) is 0 Å². The number of hydrogen-bond donors (Lipinski definition) is 2. The van der Waals surface area contributed by atoms with Crippen LogP contribution in [0.25, 0.3) is 0 Å². The summed E-state index contributed by atoms with van der Waals surface area (Å²) in [6.45, 7) is 2.75. The average molecular weight is 331 g/mol. The molecule has 4 nitrogen and oxygen atoms in total. The van der Waals surface area contributed by atoms with E-state index in [1.165, 1.54) is 16.9 Å². The highest BCUT2D eigenvalue weighted by Crippen LogP contribution is 2.33. The largest absolute Gasteiger partial charge is 0.477 e. The van der Waals surface area contributed by atoms with Crippen LogP contribution in [0.2, 0.25) is 0 Å². The number of carboxylic acids is 1. The van der Waals surface area contributed by atoms with Crippen LogP contribution in [0.4, 0.5) is 0 Å². The predicted molar refractivity (Wildman–Crippen MR) is 90.9 cm³/mol. The van der Waals surface area contributed by atoms with Crippen molar-refractivity contribution >= 4 is 17.3 Å². The summed E-state index contributed by atoms with van der Waals surface area (Å²) in [5, 5.41) is 18.8. The number of rotatable bonds is 5. The highest BCUT2D eigenvalue weighted by molar-refractivity contribution is 7.13. The van der Waals surface area contributed by atoms with E-state index in [1.54, 1.807) is 6.07 Å². The Morgan fingerprint density at radius 2 is 2.00 bits per heavy atom. The van der Waals surface area contributed by atoms with Crippen molar-refractivity contribution in [2.24, 2.45) is 5.92 Å². The third-order valence-corrected chi connectivity index (χ3v) is 5.59. The molecule has 0 aliphatic carbocycles. The van der Waals surface area contributed by atoms with E-state index >= 15 is 0 Å². The maximum absolute atomic E-state index is 11.0. The third-order valence-electron chi connectivity index (χ3n) is 4.53. The zero-order chi connectivity index (χ0) is 16.2. The van der Waals surface area contributed by atoms with E-state index in [0.29, 0.717) is 10.8 Å². The molecule has 122 valence electrons. The second-order valence-corrected chi connectivity index (χ2v) is 7.22. The zero-order valence-electron chi connectivity index (χ0n) is 12.9. The molecule has 0 bridgehead atoms. The normalized spacial score (nSPS) is 22.1. The maximum Gasteiger partial charge on any atom is 0.345 e. The second kappa shape index (κ2) is 7.25. The molecule has 1 fully saturated rings. The molecule has 1 aliphatic rings. The first-order chi connectivity index (χ1) is 11.2. The Morgan fingerprint density at radius 3 is 2.65 bits per heavy atom. The quantitative estimate of drug-likeness (QED) is 0.884. The summed E-state index contributed by atoms with van der Waals surface area (Å²) >= 11 is 1.34. The topological polar surface area (TPSA) is 60.8 Å². The Hall–Kier alpha value is -1.69. The fourth-order valence-electron chi connectivity index (χ4n) is 3.37. The Bertz CT molecular complexity index is 655. The van der Waals surface area contributed by atoms with Crippen molar-refractivity contribution in [1.29, 1.82) is 0 Å². The summed E-state index contributed by atoms with van der Waals surface area (Å²) in [6.07, 6.45) is 1.02. The van der Waals surface area contributed by atoms with Gasteiger partial charge in [0.25, 0.3) is 0 Å². The van der Waals surface area contributed by atoms with E-state index in [0.717, 1.165) is 30.9 Å². The number of aliphatic hydroxyl groups excluding tert-OH is 1. The number of carboxylic acid groups (broad SMARTS) is 1. The molecule has 1 aromatic heterocycles. The van der Waals surface area contributed by atoms with Crippen molar-refractivity contribution in [1.82, 2.24) is 4.90 Å². The summed E-state index contributed by atoms with van der Waals surface area (Å²) in [5.41, 5.74) is 1.30. The summed E-state index contributed by atoms with van der Waals surface area (Å²) in [6, 6.07) is 14.0. The van der Waals surface area contributed by atoms with Gasteiger partial charge in [-0.15, -0.1) is 11.3 Å². The van der Waals surface area contributed by atoms with Crippen molar-refractivity contribution in [3.8, 4) is 0 Å². The summed E-state index contributed by atoms with van der Waals surface area (Å²) in [4.78, 5) is 14.7. The highest BCUT2D eigenvalue weighted by Gasteiger charge is 2.30. The molecule has 3 rings (SSSR count). The molecule has 2 N–H and O–H groups in total. The van der Waals surface area contributed by atoms with Crippen LogP contribution in [0, 0.1) is 5.92 Å². The van der Waals surface area contributed by atoms with E-state index < -0.39 is 5.97 Å². The van der Waals surface area contributed by atoms with Crippen LogP contribution in [0.1, 0.15) is 32.5 Å². The van der Waals surface area contributed by atoms with E-state index in [9.17, 15) is 9.90 Å². The molecule has 5 heteroatoms. The molecule has 0 amide bonds. The number of thiophene rings is 1. The van der Waals surface area contributed by atoms with Gasteiger partial charge in [-0.25, -0.2) is 4.79 Å². The van der Waals surface area contributed by atoms with Gasteiger partial charge in [0.05, 0.1) is 0 Å². The van der Waals surface area contributed by atoms with Crippen LogP contribution in [-0.2, 0) is 6.54 Å². The van der Waals surface area contributed by atoms with Gasteiger partial charge in [-0.1, -0.05) is 30.3 Å². The van der Waals surface area contributed by atoms with Crippen molar-refractivity contribution in [2.75, 3.05) is 19.7 Å². The SMILES string of the molecule is O=C(O)c1ccc(CN2CC[C@H](c3ccccc3)[C@H](CO)C2)s1. The molecule has 0 spiro atoms. The number of carbonyl (C=O) groups is 1. The van der Waals surface area contributed by atoms with Gasteiger partial charge in [-0.3, -0.25) is 4.90 Å². The van der Waals surface area contributed by atoms with Crippen LogP contribution in [0.3, 0.4) is 0 Å². The van der Waals surface area contributed by atoms with Crippen LogP contribution in [0.15, 0.2) is 42.5 Å². The van der Waals surface area contributed by atoms with Gasteiger partial charge in [0.2, 0.25) is 0 Å². The molecule has 2 heterocycles. The van der Waals surface area contributed by atoms with Crippen LogP contribution in [0.5, 0.6) is 0 Å². The number of nitrogens with zero attached hydrogens (tertiary/aromatic N) is 1. The first kappa shape index (κ1) is 16.2. The van der Waals surface area contributed by atoms with Gasteiger partial charge in [-0.05, 0) is 36.6 Å². The van der Waals surface area contributed by atoms with Crippen molar-refractivity contribution in [2.45, 2.75) is 18.9 Å². The smallest absolute Gasteiger partial charge is 0.345 e. The lowest BCUT2D eigenvalue weighted by atomic mass is 9.81.